The van der Waals surface area contributed by atoms with Gasteiger partial charge in [-0.15, -0.1) is 0 Å². The molecule has 0 aromatic rings. The van der Waals surface area contributed by atoms with E-state index >= 15 is 0 Å². The summed E-state index contributed by atoms with van der Waals surface area (Å²) in [5.74, 6) is -0.274. The number of unbranched alkanes of at least 4 members (excludes halogenated alkanes) is 37. The van der Waals surface area contributed by atoms with Crippen molar-refractivity contribution in [3.63, 3.8) is 0 Å². The Morgan fingerprint density at radius 2 is 0.716 bits per heavy atom. The molecule has 3 rings (SSSR count). The molecule has 0 aromatic heterocycles. The molecule has 0 saturated carbocycles. The largest absolute Gasteiger partial charge is 0.394 e. The first-order valence-electron chi connectivity index (χ1n) is 35.6. The lowest BCUT2D eigenvalue weighted by Crippen LogP contribution is -2.66. The van der Waals surface area contributed by atoms with Crippen LogP contribution in [-0.4, -0.2) is 193 Å². The van der Waals surface area contributed by atoms with Crippen LogP contribution in [0.25, 0.3) is 0 Å². The Morgan fingerprint density at radius 1 is 0.398 bits per heavy atom. The van der Waals surface area contributed by atoms with Crippen LogP contribution in [0.3, 0.4) is 0 Å². The third kappa shape index (κ3) is 33.4. The molecule has 88 heavy (non-hydrogen) atoms. The van der Waals surface area contributed by atoms with Crippen molar-refractivity contribution in [3.05, 3.63) is 24.3 Å². The number of carbonyl (C=O) groups is 1. The number of rotatable bonds is 55. The lowest BCUT2D eigenvalue weighted by molar-refractivity contribution is -0.379. The zero-order chi connectivity index (χ0) is 64.0. The fraction of sp³-hybridized carbons (Fsp3) is 0.928. The van der Waals surface area contributed by atoms with Gasteiger partial charge in [0.1, 0.15) is 73.2 Å². The zero-order valence-corrected chi connectivity index (χ0v) is 54.7. The Kier molecular flexibility index (Phi) is 47.3. The molecule has 0 aromatic carbocycles. The first-order chi connectivity index (χ1) is 42.8. The molecule has 0 radical (unpaired) electrons. The summed E-state index contributed by atoms with van der Waals surface area (Å²) in [7, 11) is 0. The van der Waals surface area contributed by atoms with Crippen LogP contribution >= 0.6 is 0 Å². The molecule has 19 heteroatoms. The molecule has 3 saturated heterocycles. The van der Waals surface area contributed by atoms with Crippen molar-refractivity contribution in [1.29, 1.82) is 0 Å². The van der Waals surface area contributed by atoms with Crippen LogP contribution < -0.4 is 5.32 Å². The normalized spacial score (nSPS) is 28.5. The van der Waals surface area contributed by atoms with Crippen LogP contribution in [0.1, 0.15) is 277 Å². The average Bonchev–Trinajstić information content (AvgIpc) is 0.958. The van der Waals surface area contributed by atoms with Gasteiger partial charge in [-0.1, -0.05) is 250 Å². The molecule has 3 heterocycles. The number of aliphatic hydroxyl groups excluding tert-OH is 11. The van der Waals surface area contributed by atoms with E-state index in [4.69, 9.17) is 28.4 Å². The predicted octanol–water partition coefficient (Wildman–Crippen LogP) is 9.44. The monoisotopic (exact) mass is 1260 g/mol. The number of hydrogen-bond donors (Lipinski definition) is 12. The van der Waals surface area contributed by atoms with E-state index in [0.717, 1.165) is 51.4 Å². The fourth-order valence-electron chi connectivity index (χ4n) is 12.2. The van der Waals surface area contributed by atoms with Crippen molar-refractivity contribution in [2.45, 2.75) is 381 Å². The summed E-state index contributed by atoms with van der Waals surface area (Å²) in [5.41, 5.74) is 0. The second-order valence-corrected chi connectivity index (χ2v) is 25.7. The molecule has 17 unspecified atom stereocenters. The Bertz CT molecular complexity index is 1690. The SMILES string of the molecule is CCCCCCCC/C=C/C(O)C(COC1OC(CO)C(OC2OC(CO)C(OC3OC(CO)C(O)C(O)C3O)C(O)C2O)C(O)C1O)NC(=O)CCCCCCCCCCCCCCCCCCCCCCCCC/C=C\CCCCCCCCCC. The first-order valence-corrected chi connectivity index (χ1v) is 35.6. The number of carbonyl (C=O) groups excluding carboxylic acids is 1. The summed E-state index contributed by atoms with van der Waals surface area (Å²) >= 11 is 0. The van der Waals surface area contributed by atoms with E-state index in [1.807, 2.05) is 6.08 Å². The van der Waals surface area contributed by atoms with E-state index in [1.54, 1.807) is 6.08 Å². The molecule has 1 amide bonds. The molecule has 12 N–H and O–H groups in total. The van der Waals surface area contributed by atoms with Crippen molar-refractivity contribution in [1.82, 2.24) is 5.32 Å². The maximum absolute atomic E-state index is 13.3. The minimum atomic E-state index is -1.98. The molecule has 3 fully saturated rings. The molecular weight excluding hydrogens is 1130 g/mol. The summed E-state index contributed by atoms with van der Waals surface area (Å²) in [5, 5.41) is 120. The van der Waals surface area contributed by atoms with Crippen molar-refractivity contribution in [2.75, 3.05) is 26.4 Å². The molecule has 0 spiro atoms. The van der Waals surface area contributed by atoms with Gasteiger partial charge in [-0.3, -0.25) is 4.79 Å². The van der Waals surface area contributed by atoms with Crippen molar-refractivity contribution >= 4 is 5.91 Å². The third-order valence-electron chi connectivity index (χ3n) is 18.0. The molecule has 3 aliphatic rings. The average molecular weight is 1260 g/mol. The molecule has 19 nitrogen and oxygen atoms in total. The smallest absolute Gasteiger partial charge is 0.220 e. The maximum Gasteiger partial charge on any atom is 0.220 e. The lowest BCUT2D eigenvalue weighted by atomic mass is 9.96. The highest BCUT2D eigenvalue weighted by Gasteiger charge is 2.53. The van der Waals surface area contributed by atoms with E-state index in [9.17, 15) is 61.0 Å². The van der Waals surface area contributed by atoms with Gasteiger partial charge in [-0.05, 0) is 44.9 Å². The van der Waals surface area contributed by atoms with Gasteiger partial charge in [0, 0.05) is 6.42 Å². The Labute approximate surface area is 530 Å². The standard InChI is InChI=1S/C69H129NO18/c1-3-5-7-9-11-13-14-15-16-17-18-19-20-21-22-23-24-25-26-27-28-29-30-31-32-33-34-35-36-37-38-39-41-43-45-47-57(75)70-52(53(74)46-44-42-40-12-10-8-6-4-2)51-83-67-63(81)60(78)65(55(49-72)85-67)88-69-64(82)61(79)66(56(50-73)86-69)87-68-62(80)59(77)58(76)54(48-71)84-68/h17-18,44,46,52-56,58-69,71-74,76-82H,3-16,19-43,45,47-51H2,1-2H3,(H,70,75)/b18-17-,46-44+. The number of nitrogens with one attached hydrogen (secondary N) is 1. The predicted molar refractivity (Wildman–Crippen MR) is 342 cm³/mol. The molecular formula is C69H129NO18. The molecule has 0 bridgehead atoms. The van der Waals surface area contributed by atoms with E-state index in [1.165, 1.54) is 199 Å². The van der Waals surface area contributed by atoms with Gasteiger partial charge in [0.05, 0.1) is 38.6 Å². The summed E-state index contributed by atoms with van der Waals surface area (Å²) in [4.78, 5) is 13.3. The van der Waals surface area contributed by atoms with Gasteiger partial charge in [0.25, 0.3) is 0 Å². The second-order valence-electron chi connectivity index (χ2n) is 25.7. The Morgan fingerprint density at radius 3 is 1.10 bits per heavy atom. The minimum absolute atomic E-state index is 0.247. The number of hydrogen-bond acceptors (Lipinski definition) is 18. The van der Waals surface area contributed by atoms with Crippen LogP contribution in [0.2, 0.25) is 0 Å². The molecule has 0 aliphatic carbocycles. The lowest BCUT2D eigenvalue weighted by Gasteiger charge is -2.48. The van der Waals surface area contributed by atoms with E-state index in [0.29, 0.717) is 6.42 Å². The summed E-state index contributed by atoms with van der Waals surface area (Å²) in [6, 6.07) is -0.967. The number of aliphatic hydroxyl groups is 11. The van der Waals surface area contributed by atoms with Gasteiger partial charge in [-0.25, -0.2) is 0 Å². The van der Waals surface area contributed by atoms with E-state index < -0.39 is 124 Å². The van der Waals surface area contributed by atoms with Gasteiger partial charge >= 0.3 is 0 Å². The highest BCUT2D eigenvalue weighted by molar-refractivity contribution is 5.76. The van der Waals surface area contributed by atoms with Crippen LogP contribution in [0.4, 0.5) is 0 Å². The first kappa shape index (κ1) is 80.5. The van der Waals surface area contributed by atoms with Crippen LogP contribution in [0, 0.1) is 0 Å². The van der Waals surface area contributed by atoms with Crippen molar-refractivity contribution in [3.8, 4) is 0 Å². The summed E-state index contributed by atoms with van der Waals surface area (Å²) in [6.45, 7) is 1.69. The number of allylic oxidation sites excluding steroid dienone is 3. The zero-order valence-electron chi connectivity index (χ0n) is 54.7. The minimum Gasteiger partial charge on any atom is -0.394 e. The van der Waals surface area contributed by atoms with Crippen LogP contribution in [-0.2, 0) is 33.2 Å². The van der Waals surface area contributed by atoms with Crippen LogP contribution in [0.15, 0.2) is 24.3 Å². The highest BCUT2D eigenvalue weighted by atomic mass is 16.8. The topological polar surface area (TPSA) is 307 Å². The quantitative estimate of drug-likeness (QED) is 0.0199. The Hall–Kier alpha value is -1.73. The Balaban J connectivity index is 1.28. The van der Waals surface area contributed by atoms with Gasteiger partial charge < -0.3 is 89.9 Å². The maximum atomic E-state index is 13.3. The van der Waals surface area contributed by atoms with Crippen molar-refractivity contribution in [2.24, 2.45) is 0 Å². The highest BCUT2D eigenvalue weighted by Crippen LogP contribution is 2.33. The van der Waals surface area contributed by atoms with Crippen LogP contribution in [0.5, 0.6) is 0 Å². The van der Waals surface area contributed by atoms with E-state index in [-0.39, 0.29) is 18.9 Å². The summed E-state index contributed by atoms with van der Waals surface area (Å²) < 4.78 is 34.2. The van der Waals surface area contributed by atoms with E-state index in [2.05, 4.69) is 31.3 Å². The summed E-state index contributed by atoms with van der Waals surface area (Å²) in [6.07, 6.45) is 32.3. The van der Waals surface area contributed by atoms with Crippen molar-refractivity contribution < 1.29 is 89.4 Å². The third-order valence-corrected chi connectivity index (χ3v) is 18.0. The molecule has 518 valence electrons. The van der Waals surface area contributed by atoms with Gasteiger partial charge in [-0.2, -0.15) is 0 Å². The van der Waals surface area contributed by atoms with Gasteiger partial charge in [0.15, 0.2) is 18.9 Å². The second kappa shape index (κ2) is 51.7. The number of ether oxygens (including phenoxy) is 6. The molecule has 3 aliphatic heterocycles. The molecule has 17 atom stereocenters. The number of amides is 1. The fourth-order valence-corrected chi connectivity index (χ4v) is 12.2. The van der Waals surface area contributed by atoms with Gasteiger partial charge in [0.2, 0.25) is 5.91 Å².